The topological polar surface area (TPSA) is 58.6 Å². The Hall–Kier alpha value is -2.08. The van der Waals surface area contributed by atoms with Crippen LogP contribution in [-0.4, -0.2) is 18.2 Å². The fraction of sp³-hybridized carbons (Fsp3) is 0.133. The number of phenols is 1. The number of methoxy groups -OCH3 is 1. The van der Waals surface area contributed by atoms with Crippen LogP contribution in [-0.2, 0) is 11.3 Å². The number of anilines is 1. The highest BCUT2D eigenvalue weighted by Gasteiger charge is 2.13. The monoisotopic (exact) mass is 353 g/mol. The Bertz CT molecular complexity index is 676. The minimum absolute atomic E-state index is 0.113. The summed E-state index contributed by atoms with van der Waals surface area (Å²) in [6, 6.07) is 8.74. The van der Waals surface area contributed by atoms with Crippen molar-refractivity contribution in [1.82, 2.24) is 0 Å². The zero-order valence-electron chi connectivity index (χ0n) is 11.2. The van der Waals surface area contributed by atoms with Crippen LogP contribution in [0.25, 0.3) is 0 Å². The number of rotatable bonds is 4. The van der Waals surface area contributed by atoms with E-state index in [-0.39, 0.29) is 17.9 Å². The molecule has 0 spiro atoms. The second-order valence-electron chi connectivity index (χ2n) is 4.31. The second-order valence-corrected chi connectivity index (χ2v) is 5.22. The van der Waals surface area contributed by atoms with E-state index in [4.69, 9.17) is 0 Å². The molecule has 2 rings (SSSR count). The number of nitrogens with one attached hydrogen (secondary N) is 1. The first kappa shape index (κ1) is 15.3. The quantitative estimate of drug-likeness (QED) is 0.823. The number of hydrogen-bond donors (Lipinski definition) is 2. The van der Waals surface area contributed by atoms with Crippen molar-refractivity contribution in [3.05, 3.63) is 57.8 Å². The Kier molecular flexibility index (Phi) is 4.80. The van der Waals surface area contributed by atoms with Crippen LogP contribution in [0.1, 0.15) is 15.9 Å². The van der Waals surface area contributed by atoms with Gasteiger partial charge in [-0.2, -0.15) is 0 Å². The average Bonchev–Trinajstić information content (AvgIpc) is 2.47. The molecule has 0 aromatic heterocycles. The Morgan fingerprint density at radius 1 is 1.33 bits per heavy atom. The third-order valence-electron chi connectivity index (χ3n) is 2.90. The number of benzene rings is 2. The van der Waals surface area contributed by atoms with Crippen molar-refractivity contribution in [2.45, 2.75) is 6.54 Å². The van der Waals surface area contributed by atoms with E-state index in [9.17, 15) is 14.3 Å². The fourth-order valence-corrected chi connectivity index (χ4v) is 2.25. The smallest absolute Gasteiger partial charge is 0.339 e. The highest BCUT2D eigenvalue weighted by atomic mass is 79.9. The molecule has 0 bridgehead atoms. The molecule has 0 aliphatic carbocycles. The molecular formula is C15H13BrFNO3. The zero-order chi connectivity index (χ0) is 15.4. The first-order chi connectivity index (χ1) is 10.0. The van der Waals surface area contributed by atoms with Gasteiger partial charge in [-0.25, -0.2) is 9.18 Å². The molecule has 2 N–H and O–H groups in total. The van der Waals surface area contributed by atoms with Gasteiger partial charge >= 0.3 is 5.97 Å². The molecule has 0 fully saturated rings. The SMILES string of the molecule is COC(=O)c1ccc(F)cc1NCc1cc(Br)ccc1O. The molecule has 4 nitrogen and oxygen atoms in total. The number of ether oxygens (including phenoxy) is 1. The van der Waals surface area contributed by atoms with Crippen LogP contribution in [0.15, 0.2) is 40.9 Å². The van der Waals surface area contributed by atoms with Crippen molar-refractivity contribution < 1.29 is 19.0 Å². The fourth-order valence-electron chi connectivity index (χ4n) is 1.84. The van der Waals surface area contributed by atoms with E-state index in [1.54, 1.807) is 18.2 Å². The van der Waals surface area contributed by atoms with Crippen LogP contribution in [0, 0.1) is 5.82 Å². The number of esters is 1. The summed E-state index contributed by atoms with van der Waals surface area (Å²) in [5.74, 6) is -0.915. The minimum atomic E-state index is -0.559. The zero-order valence-corrected chi connectivity index (χ0v) is 12.8. The van der Waals surface area contributed by atoms with E-state index >= 15 is 0 Å². The molecule has 2 aromatic rings. The summed E-state index contributed by atoms with van der Waals surface area (Å²) in [4.78, 5) is 11.6. The van der Waals surface area contributed by atoms with E-state index in [0.29, 0.717) is 11.3 Å². The van der Waals surface area contributed by atoms with Gasteiger partial charge in [0.05, 0.1) is 18.4 Å². The normalized spacial score (nSPS) is 10.2. The molecule has 0 amide bonds. The highest BCUT2D eigenvalue weighted by molar-refractivity contribution is 9.10. The molecule has 0 radical (unpaired) electrons. The maximum Gasteiger partial charge on any atom is 0.339 e. The Morgan fingerprint density at radius 3 is 2.81 bits per heavy atom. The summed E-state index contributed by atoms with van der Waals surface area (Å²) in [5.41, 5.74) is 1.15. The van der Waals surface area contributed by atoms with Gasteiger partial charge in [0.25, 0.3) is 0 Å². The maximum absolute atomic E-state index is 13.3. The van der Waals surface area contributed by atoms with Crippen LogP contribution >= 0.6 is 15.9 Å². The largest absolute Gasteiger partial charge is 0.508 e. The number of carbonyl (C=O) groups is 1. The molecule has 2 aromatic carbocycles. The number of halogens is 2. The van der Waals surface area contributed by atoms with Gasteiger partial charge in [0, 0.05) is 16.6 Å². The first-order valence-corrected chi connectivity index (χ1v) is 6.89. The van der Waals surface area contributed by atoms with Crippen LogP contribution in [0.4, 0.5) is 10.1 Å². The van der Waals surface area contributed by atoms with Gasteiger partial charge in [-0.3, -0.25) is 0 Å². The van der Waals surface area contributed by atoms with E-state index in [0.717, 1.165) is 4.47 Å². The van der Waals surface area contributed by atoms with E-state index < -0.39 is 11.8 Å². The minimum Gasteiger partial charge on any atom is -0.508 e. The lowest BCUT2D eigenvalue weighted by molar-refractivity contribution is 0.0602. The molecule has 21 heavy (non-hydrogen) atoms. The lowest BCUT2D eigenvalue weighted by Gasteiger charge is -2.12. The van der Waals surface area contributed by atoms with Gasteiger partial charge in [-0.1, -0.05) is 15.9 Å². The van der Waals surface area contributed by atoms with Crippen molar-refractivity contribution >= 4 is 27.6 Å². The van der Waals surface area contributed by atoms with Gasteiger partial charge < -0.3 is 15.2 Å². The first-order valence-electron chi connectivity index (χ1n) is 6.10. The summed E-state index contributed by atoms with van der Waals surface area (Å²) in [5, 5.41) is 12.7. The molecule has 6 heteroatoms. The Morgan fingerprint density at radius 2 is 2.10 bits per heavy atom. The molecule has 0 unspecified atom stereocenters. The summed E-state index contributed by atoms with van der Waals surface area (Å²) in [6.45, 7) is 0.235. The van der Waals surface area contributed by atoms with E-state index in [1.165, 1.54) is 25.3 Å². The summed E-state index contributed by atoms with van der Waals surface area (Å²) < 4.78 is 18.8. The predicted molar refractivity (Wildman–Crippen MR) is 80.9 cm³/mol. The Balaban J connectivity index is 2.25. The van der Waals surface area contributed by atoms with Crippen LogP contribution < -0.4 is 5.32 Å². The summed E-state index contributed by atoms with van der Waals surface area (Å²) in [7, 11) is 1.26. The molecule has 0 aliphatic rings. The number of hydrogen-bond acceptors (Lipinski definition) is 4. The average molecular weight is 354 g/mol. The third-order valence-corrected chi connectivity index (χ3v) is 3.39. The summed E-state index contributed by atoms with van der Waals surface area (Å²) in [6.07, 6.45) is 0. The van der Waals surface area contributed by atoms with E-state index in [2.05, 4.69) is 26.0 Å². The maximum atomic E-state index is 13.3. The van der Waals surface area contributed by atoms with Gasteiger partial charge in [0.15, 0.2) is 0 Å². The van der Waals surface area contributed by atoms with Gasteiger partial charge in [-0.05, 0) is 36.4 Å². The lowest BCUT2D eigenvalue weighted by Crippen LogP contribution is -2.08. The van der Waals surface area contributed by atoms with Gasteiger partial charge in [0.2, 0.25) is 0 Å². The molecule has 0 aliphatic heterocycles. The van der Waals surface area contributed by atoms with E-state index in [1.807, 2.05) is 0 Å². The number of aromatic hydroxyl groups is 1. The summed E-state index contributed by atoms with van der Waals surface area (Å²) >= 11 is 3.31. The molecule has 0 saturated heterocycles. The molecular weight excluding hydrogens is 341 g/mol. The highest BCUT2D eigenvalue weighted by Crippen LogP contribution is 2.24. The van der Waals surface area contributed by atoms with Crippen molar-refractivity contribution in [2.75, 3.05) is 12.4 Å². The Labute approximate surface area is 129 Å². The molecule has 0 heterocycles. The lowest BCUT2D eigenvalue weighted by atomic mass is 10.1. The molecule has 0 atom stereocenters. The standard InChI is InChI=1S/C15H13BrFNO3/c1-21-15(20)12-4-3-11(17)7-13(12)18-8-9-6-10(16)2-5-14(9)19/h2-7,18-19H,8H2,1H3. The van der Waals surface area contributed by atoms with Crippen LogP contribution in [0.3, 0.4) is 0 Å². The second kappa shape index (κ2) is 6.58. The third kappa shape index (κ3) is 3.72. The van der Waals surface area contributed by atoms with Gasteiger partial charge in [-0.15, -0.1) is 0 Å². The molecule has 0 saturated carbocycles. The number of carbonyl (C=O) groups excluding carboxylic acids is 1. The van der Waals surface area contributed by atoms with Crippen molar-refractivity contribution in [3.63, 3.8) is 0 Å². The van der Waals surface area contributed by atoms with Crippen LogP contribution in [0.5, 0.6) is 5.75 Å². The van der Waals surface area contributed by atoms with Crippen LogP contribution in [0.2, 0.25) is 0 Å². The predicted octanol–water partition coefficient (Wildman–Crippen LogP) is 3.69. The number of phenolic OH excluding ortho intramolecular Hbond substituents is 1. The van der Waals surface area contributed by atoms with Crippen molar-refractivity contribution in [1.29, 1.82) is 0 Å². The van der Waals surface area contributed by atoms with Crippen molar-refractivity contribution in [3.8, 4) is 5.75 Å². The van der Waals surface area contributed by atoms with Crippen molar-refractivity contribution in [2.24, 2.45) is 0 Å². The van der Waals surface area contributed by atoms with Gasteiger partial charge in [0.1, 0.15) is 11.6 Å². The molecule has 110 valence electrons.